The van der Waals surface area contributed by atoms with Crippen molar-refractivity contribution in [3.05, 3.63) is 132 Å². The monoisotopic (exact) mass is 484 g/mol. The van der Waals surface area contributed by atoms with E-state index in [-0.39, 0.29) is 23.0 Å². The van der Waals surface area contributed by atoms with E-state index >= 15 is 0 Å². The van der Waals surface area contributed by atoms with Gasteiger partial charge in [0, 0.05) is 27.8 Å². The predicted molar refractivity (Wildman–Crippen MR) is 147 cm³/mol. The molecule has 37 heavy (non-hydrogen) atoms. The molecule has 0 saturated heterocycles. The number of phenolic OH excluding ortho intramolecular Hbond substituents is 4. The molecule has 6 aromatic rings. The first kappa shape index (κ1) is 22.5. The average molecular weight is 485 g/mol. The van der Waals surface area contributed by atoms with Gasteiger partial charge in [-0.1, -0.05) is 78.9 Å². The van der Waals surface area contributed by atoms with Crippen molar-refractivity contribution in [1.82, 2.24) is 0 Å². The van der Waals surface area contributed by atoms with Crippen molar-refractivity contribution >= 4 is 21.5 Å². The molecule has 0 spiro atoms. The summed E-state index contributed by atoms with van der Waals surface area (Å²) < 4.78 is 0. The number of aromatic hydroxyl groups is 4. The molecule has 0 aromatic heterocycles. The minimum Gasteiger partial charge on any atom is -0.508 e. The van der Waals surface area contributed by atoms with Crippen LogP contribution in [0.3, 0.4) is 0 Å². The first-order valence-electron chi connectivity index (χ1n) is 12.0. The van der Waals surface area contributed by atoms with E-state index in [1.165, 1.54) is 0 Å². The van der Waals surface area contributed by atoms with E-state index in [2.05, 4.69) is 12.1 Å². The topological polar surface area (TPSA) is 80.9 Å². The Balaban J connectivity index is 1.57. The maximum absolute atomic E-state index is 11.4. The zero-order valence-electron chi connectivity index (χ0n) is 19.8. The molecule has 0 aliphatic carbocycles. The molecule has 180 valence electrons. The molecule has 0 aliphatic heterocycles. The largest absolute Gasteiger partial charge is 0.508 e. The van der Waals surface area contributed by atoms with E-state index in [1.807, 2.05) is 66.7 Å². The van der Waals surface area contributed by atoms with Gasteiger partial charge in [0.15, 0.2) is 0 Å². The van der Waals surface area contributed by atoms with Gasteiger partial charge in [0.2, 0.25) is 0 Å². The van der Waals surface area contributed by atoms with Gasteiger partial charge in [-0.2, -0.15) is 0 Å². The Bertz CT molecular complexity index is 1660. The summed E-state index contributed by atoms with van der Waals surface area (Å²) in [6.45, 7) is 0. The number of rotatable bonds is 4. The second-order valence-electron chi connectivity index (χ2n) is 9.24. The molecule has 0 unspecified atom stereocenters. The van der Waals surface area contributed by atoms with Gasteiger partial charge in [0.25, 0.3) is 0 Å². The Labute approximate surface area is 214 Å². The van der Waals surface area contributed by atoms with Crippen LogP contribution >= 0.6 is 0 Å². The fraction of sp³-hybridized carbons (Fsp3) is 0.0303. The van der Waals surface area contributed by atoms with Crippen LogP contribution in [0.1, 0.15) is 22.6 Å². The second kappa shape index (κ2) is 8.92. The highest BCUT2D eigenvalue weighted by Gasteiger charge is 2.25. The van der Waals surface area contributed by atoms with E-state index in [1.54, 1.807) is 36.4 Å². The van der Waals surface area contributed by atoms with Crippen molar-refractivity contribution < 1.29 is 20.4 Å². The molecule has 0 amide bonds. The van der Waals surface area contributed by atoms with Crippen LogP contribution in [0.15, 0.2) is 115 Å². The minimum absolute atomic E-state index is 0.0971. The molecule has 6 rings (SSSR count). The molecular weight excluding hydrogens is 460 g/mol. The van der Waals surface area contributed by atoms with Crippen molar-refractivity contribution in [2.45, 2.75) is 5.92 Å². The number of phenols is 4. The molecule has 0 radical (unpaired) electrons. The van der Waals surface area contributed by atoms with E-state index in [9.17, 15) is 20.4 Å². The fourth-order valence-corrected chi connectivity index (χ4v) is 5.13. The highest BCUT2D eigenvalue weighted by molar-refractivity contribution is 5.93. The lowest BCUT2D eigenvalue weighted by molar-refractivity contribution is 0.465. The average Bonchev–Trinajstić information content (AvgIpc) is 2.92. The number of hydrogen-bond donors (Lipinski definition) is 4. The van der Waals surface area contributed by atoms with Gasteiger partial charge in [-0.25, -0.2) is 0 Å². The van der Waals surface area contributed by atoms with Crippen LogP contribution in [0.2, 0.25) is 0 Å². The molecule has 0 saturated carbocycles. The summed E-state index contributed by atoms with van der Waals surface area (Å²) >= 11 is 0. The van der Waals surface area contributed by atoms with Gasteiger partial charge in [0.1, 0.15) is 23.0 Å². The molecule has 4 nitrogen and oxygen atoms in total. The van der Waals surface area contributed by atoms with Crippen LogP contribution in [0.25, 0.3) is 32.7 Å². The standard InChI is InChI=1S/C33H24O4/c34-25-12-16-27-23(18-25)10-14-29(32(27)36)31(22-8-6-21(7-9-22)20-4-2-1-3-5-20)30-15-11-24-19-26(35)13-17-28(24)33(30)37/h1-19,31,34-37H. The normalized spacial score (nSPS) is 11.4. The number of fused-ring (bicyclic) bond motifs is 2. The Hall–Kier alpha value is -4.96. The zero-order chi connectivity index (χ0) is 25.5. The molecule has 4 heteroatoms. The van der Waals surface area contributed by atoms with Crippen molar-refractivity contribution in [3.63, 3.8) is 0 Å². The van der Waals surface area contributed by atoms with Gasteiger partial charge < -0.3 is 20.4 Å². The lowest BCUT2D eigenvalue weighted by atomic mass is 9.82. The first-order valence-corrected chi connectivity index (χ1v) is 12.0. The summed E-state index contributed by atoms with van der Waals surface area (Å²) in [4.78, 5) is 0. The molecule has 0 atom stereocenters. The number of benzene rings is 6. The third-order valence-electron chi connectivity index (χ3n) is 6.99. The Morgan fingerprint density at radius 3 is 1.43 bits per heavy atom. The lowest BCUT2D eigenvalue weighted by Crippen LogP contribution is -2.05. The fourth-order valence-electron chi connectivity index (χ4n) is 5.13. The van der Waals surface area contributed by atoms with Crippen LogP contribution in [-0.2, 0) is 0 Å². The molecule has 4 N–H and O–H groups in total. The summed E-state index contributed by atoms with van der Waals surface area (Å²) in [5.74, 6) is -0.0211. The molecule has 0 aliphatic rings. The quantitative estimate of drug-likeness (QED) is 0.194. The summed E-state index contributed by atoms with van der Waals surface area (Å²) in [5, 5.41) is 45.3. The van der Waals surface area contributed by atoms with E-state index < -0.39 is 5.92 Å². The summed E-state index contributed by atoms with van der Waals surface area (Å²) in [6.07, 6.45) is 0. The predicted octanol–water partition coefficient (Wildman–Crippen LogP) is 7.66. The van der Waals surface area contributed by atoms with Crippen molar-refractivity contribution in [2.24, 2.45) is 0 Å². The van der Waals surface area contributed by atoms with Crippen LogP contribution in [-0.4, -0.2) is 20.4 Å². The highest BCUT2D eigenvalue weighted by Crippen LogP contribution is 2.45. The van der Waals surface area contributed by atoms with Gasteiger partial charge >= 0.3 is 0 Å². The molecule has 0 heterocycles. The lowest BCUT2D eigenvalue weighted by Gasteiger charge is -2.23. The Morgan fingerprint density at radius 1 is 0.432 bits per heavy atom. The van der Waals surface area contributed by atoms with E-state index in [4.69, 9.17) is 0 Å². The Kier molecular flexibility index (Phi) is 5.42. The maximum atomic E-state index is 11.4. The van der Waals surface area contributed by atoms with Crippen LogP contribution in [0.5, 0.6) is 23.0 Å². The molecule has 0 fully saturated rings. The van der Waals surface area contributed by atoms with Gasteiger partial charge in [0.05, 0.1) is 0 Å². The minimum atomic E-state index is -0.471. The Morgan fingerprint density at radius 2 is 0.919 bits per heavy atom. The molecular formula is C33H24O4. The van der Waals surface area contributed by atoms with Crippen molar-refractivity contribution in [2.75, 3.05) is 0 Å². The van der Waals surface area contributed by atoms with Gasteiger partial charge in [-0.15, -0.1) is 0 Å². The van der Waals surface area contributed by atoms with E-state index in [0.717, 1.165) is 27.5 Å². The maximum Gasteiger partial charge on any atom is 0.127 e. The second-order valence-corrected chi connectivity index (χ2v) is 9.24. The smallest absolute Gasteiger partial charge is 0.127 e. The third-order valence-corrected chi connectivity index (χ3v) is 6.99. The summed E-state index contributed by atoms with van der Waals surface area (Å²) in [7, 11) is 0. The zero-order valence-corrected chi connectivity index (χ0v) is 19.8. The third kappa shape index (κ3) is 3.99. The van der Waals surface area contributed by atoms with Crippen molar-refractivity contribution in [3.8, 4) is 34.1 Å². The summed E-state index contributed by atoms with van der Waals surface area (Å²) in [5.41, 5.74) is 4.35. The molecule has 6 aromatic carbocycles. The van der Waals surface area contributed by atoms with E-state index in [0.29, 0.717) is 21.9 Å². The van der Waals surface area contributed by atoms with Crippen LogP contribution in [0, 0.1) is 0 Å². The summed E-state index contributed by atoms with van der Waals surface area (Å²) in [6, 6.07) is 35.4. The van der Waals surface area contributed by atoms with Crippen LogP contribution in [0.4, 0.5) is 0 Å². The highest BCUT2D eigenvalue weighted by atomic mass is 16.3. The number of hydrogen-bond acceptors (Lipinski definition) is 4. The van der Waals surface area contributed by atoms with Crippen LogP contribution < -0.4 is 0 Å². The van der Waals surface area contributed by atoms with Gasteiger partial charge in [-0.3, -0.25) is 0 Å². The molecule has 0 bridgehead atoms. The van der Waals surface area contributed by atoms with Gasteiger partial charge in [-0.05, 0) is 63.9 Å². The SMILES string of the molecule is Oc1ccc2c(O)c(C(c3ccc(-c4ccccc4)cc3)c3ccc4cc(O)ccc4c3O)ccc2c1. The van der Waals surface area contributed by atoms with Crippen molar-refractivity contribution in [1.29, 1.82) is 0 Å². The first-order chi connectivity index (χ1) is 18.0.